The molecule has 0 radical (unpaired) electrons. The molecular weight excluding hydrogens is 278 g/mol. The summed E-state index contributed by atoms with van der Waals surface area (Å²) in [5.41, 5.74) is 6.34. The quantitative estimate of drug-likeness (QED) is 0.932. The summed E-state index contributed by atoms with van der Waals surface area (Å²) in [7, 11) is 0. The van der Waals surface area contributed by atoms with Crippen LogP contribution in [0.4, 0.5) is 5.82 Å². The summed E-state index contributed by atoms with van der Waals surface area (Å²) >= 11 is 5.86. The number of anilines is 1. The number of amides is 1. The number of carbonyl (C=O) groups excluding carboxylic acids is 1. The van der Waals surface area contributed by atoms with Crippen molar-refractivity contribution in [3.8, 4) is 5.69 Å². The van der Waals surface area contributed by atoms with E-state index in [0.717, 1.165) is 31.6 Å². The number of primary amides is 1. The maximum atomic E-state index is 11.5. The molecule has 1 aliphatic heterocycles. The molecule has 1 aromatic heterocycles. The van der Waals surface area contributed by atoms with E-state index in [1.54, 1.807) is 24.3 Å². The number of rotatable bonds is 3. The maximum Gasteiger partial charge on any atom is 0.273 e. The van der Waals surface area contributed by atoms with Gasteiger partial charge in [0.15, 0.2) is 11.5 Å². The number of halogens is 1. The lowest BCUT2D eigenvalue weighted by molar-refractivity contribution is 0.0995. The van der Waals surface area contributed by atoms with Crippen LogP contribution in [0.15, 0.2) is 24.3 Å². The third-order valence-corrected chi connectivity index (χ3v) is 3.54. The topological polar surface area (TPSA) is 77.0 Å². The summed E-state index contributed by atoms with van der Waals surface area (Å²) < 4.78 is 0. The molecule has 0 aliphatic carbocycles. The molecule has 0 atom stereocenters. The fourth-order valence-electron chi connectivity index (χ4n) is 2.29. The molecule has 1 saturated heterocycles. The van der Waals surface area contributed by atoms with E-state index in [1.165, 1.54) is 4.80 Å². The second kappa shape index (κ2) is 5.13. The largest absolute Gasteiger partial charge is 0.364 e. The molecule has 104 valence electrons. The minimum absolute atomic E-state index is 0.210. The summed E-state index contributed by atoms with van der Waals surface area (Å²) in [6.45, 7) is 1.75. The van der Waals surface area contributed by atoms with Gasteiger partial charge in [-0.3, -0.25) is 4.79 Å². The van der Waals surface area contributed by atoms with Gasteiger partial charge in [-0.2, -0.15) is 0 Å². The Hall–Kier alpha value is -2.08. The fraction of sp³-hybridized carbons (Fsp3) is 0.308. The third-order valence-electron chi connectivity index (χ3n) is 3.29. The van der Waals surface area contributed by atoms with Crippen molar-refractivity contribution in [3.05, 3.63) is 35.0 Å². The van der Waals surface area contributed by atoms with Crippen molar-refractivity contribution in [1.82, 2.24) is 15.0 Å². The van der Waals surface area contributed by atoms with Crippen LogP contribution < -0.4 is 10.6 Å². The van der Waals surface area contributed by atoms with E-state index in [1.807, 2.05) is 4.90 Å². The Labute approximate surface area is 121 Å². The van der Waals surface area contributed by atoms with Gasteiger partial charge in [0.05, 0.1) is 5.69 Å². The molecule has 1 fully saturated rings. The summed E-state index contributed by atoms with van der Waals surface area (Å²) in [4.78, 5) is 15.0. The van der Waals surface area contributed by atoms with Crippen LogP contribution >= 0.6 is 11.6 Å². The predicted octanol–water partition coefficient (Wildman–Crippen LogP) is 1.62. The van der Waals surface area contributed by atoms with Crippen molar-refractivity contribution in [2.75, 3.05) is 18.0 Å². The summed E-state index contributed by atoms with van der Waals surface area (Å²) in [5.74, 6) is -0.00272. The molecule has 0 spiro atoms. The molecule has 2 heterocycles. The van der Waals surface area contributed by atoms with Gasteiger partial charge >= 0.3 is 0 Å². The Morgan fingerprint density at radius 3 is 2.40 bits per heavy atom. The van der Waals surface area contributed by atoms with Crippen LogP contribution in [-0.2, 0) is 0 Å². The van der Waals surface area contributed by atoms with Crippen LogP contribution in [0.25, 0.3) is 5.69 Å². The van der Waals surface area contributed by atoms with Crippen molar-refractivity contribution >= 4 is 23.3 Å². The molecule has 1 aliphatic rings. The lowest BCUT2D eigenvalue weighted by Crippen LogP contribution is -2.23. The second-order valence-corrected chi connectivity index (χ2v) is 5.13. The molecule has 1 amide bonds. The predicted molar refractivity (Wildman–Crippen MR) is 76.3 cm³/mol. The normalized spacial score (nSPS) is 14.8. The van der Waals surface area contributed by atoms with Crippen LogP contribution in [0.2, 0.25) is 5.02 Å². The first-order valence-electron chi connectivity index (χ1n) is 6.43. The first kappa shape index (κ1) is 12.9. The van der Waals surface area contributed by atoms with E-state index < -0.39 is 5.91 Å². The highest BCUT2D eigenvalue weighted by atomic mass is 35.5. The van der Waals surface area contributed by atoms with Crippen LogP contribution in [0.1, 0.15) is 23.3 Å². The first-order chi connectivity index (χ1) is 9.65. The molecule has 20 heavy (non-hydrogen) atoms. The molecule has 2 N–H and O–H groups in total. The van der Waals surface area contributed by atoms with Gasteiger partial charge in [-0.15, -0.1) is 15.0 Å². The van der Waals surface area contributed by atoms with E-state index in [9.17, 15) is 4.79 Å². The molecular formula is C13H14ClN5O. The van der Waals surface area contributed by atoms with E-state index in [4.69, 9.17) is 17.3 Å². The Balaban J connectivity index is 2.02. The standard InChI is InChI=1S/C13H14ClN5O/c14-9-3-5-10(6-4-9)19-16-11(12(15)20)13(17-19)18-7-1-2-8-18/h3-6H,1-2,7-8H2,(H2,15,20). The van der Waals surface area contributed by atoms with Crippen molar-refractivity contribution < 1.29 is 4.79 Å². The van der Waals surface area contributed by atoms with Gasteiger partial charge < -0.3 is 10.6 Å². The average Bonchev–Trinajstić information content (AvgIpc) is 3.08. The highest BCUT2D eigenvalue weighted by Crippen LogP contribution is 2.22. The fourth-order valence-corrected chi connectivity index (χ4v) is 2.42. The number of nitrogens with zero attached hydrogens (tertiary/aromatic N) is 4. The number of benzene rings is 1. The zero-order valence-corrected chi connectivity index (χ0v) is 11.5. The molecule has 7 heteroatoms. The molecule has 2 aromatic rings. The summed E-state index contributed by atoms with van der Waals surface area (Å²) in [6, 6.07) is 7.08. The SMILES string of the molecule is NC(=O)c1nn(-c2ccc(Cl)cc2)nc1N1CCCC1. The molecule has 0 unspecified atom stereocenters. The number of hydrogen-bond donors (Lipinski definition) is 1. The molecule has 1 aromatic carbocycles. The van der Waals surface area contributed by atoms with Gasteiger partial charge in [-0.05, 0) is 37.1 Å². The van der Waals surface area contributed by atoms with E-state index in [0.29, 0.717) is 10.8 Å². The number of aromatic nitrogens is 3. The molecule has 6 nitrogen and oxygen atoms in total. The number of hydrogen-bond acceptors (Lipinski definition) is 4. The first-order valence-corrected chi connectivity index (χ1v) is 6.81. The van der Waals surface area contributed by atoms with Gasteiger partial charge in [0.2, 0.25) is 0 Å². The zero-order valence-electron chi connectivity index (χ0n) is 10.8. The highest BCUT2D eigenvalue weighted by molar-refractivity contribution is 6.30. The van der Waals surface area contributed by atoms with Crippen LogP contribution in [0, 0.1) is 0 Å². The van der Waals surface area contributed by atoms with Gasteiger partial charge in [-0.25, -0.2) is 0 Å². The van der Waals surface area contributed by atoms with Crippen LogP contribution in [0.3, 0.4) is 0 Å². The Bertz CT molecular complexity index is 631. The Morgan fingerprint density at radius 1 is 1.15 bits per heavy atom. The zero-order chi connectivity index (χ0) is 14.1. The van der Waals surface area contributed by atoms with Crippen LogP contribution in [0.5, 0.6) is 0 Å². The Morgan fingerprint density at radius 2 is 1.80 bits per heavy atom. The van der Waals surface area contributed by atoms with Crippen molar-refractivity contribution in [2.45, 2.75) is 12.8 Å². The molecule has 0 saturated carbocycles. The smallest absolute Gasteiger partial charge is 0.273 e. The molecule has 0 bridgehead atoms. The van der Waals surface area contributed by atoms with E-state index >= 15 is 0 Å². The van der Waals surface area contributed by atoms with E-state index in [2.05, 4.69) is 10.2 Å². The summed E-state index contributed by atoms with van der Waals surface area (Å²) in [5, 5.41) is 9.24. The summed E-state index contributed by atoms with van der Waals surface area (Å²) in [6.07, 6.45) is 2.18. The van der Waals surface area contributed by atoms with Crippen molar-refractivity contribution in [3.63, 3.8) is 0 Å². The van der Waals surface area contributed by atoms with Crippen molar-refractivity contribution in [1.29, 1.82) is 0 Å². The Kier molecular flexibility index (Phi) is 3.31. The van der Waals surface area contributed by atoms with E-state index in [-0.39, 0.29) is 5.69 Å². The van der Waals surface area contributed by atoms with Gasteiger partial charge in [0.25, 0.3) is 5.91 Å². The van der Waals surface area contributed by atoms with Gasteiger partial charge in [0.1, 0.15) is 0 Å². The minimum atomic E-state index is -0.563. The van der Waals surface area contributed by atoms with Crippen LogP contribution in [-0.4, -0.2) is 34.0 Å². The monoisotopic (exact) mass is 291 g/mol. The highest BCUT2D eigenvalue weighted by Gasteiger charge is 2.24. The number of carbonyl (C=O) groups is 1. The third kappa shape index (κ3) is 2.34. The lowest BCUT2D eigenvalue weighted by atomic mass is 10.3. The number of nitrogens with two attached hydrogens (primary N) is 1. The van der Waals surface area contributed by atoms with Gasteiger partial charge in [-0.1, -0.05) is 11.6 Å². The minimum Gasteiger partial charge on any atom is -0.364 e. The lowest BCUT2D eigenvalue weighted by Gasteiger charge is -2.13. The maximum absolute atomic E-state index is 11.5. The molecule has 3 rings (SSSR count). The second-order valence-electron chi connectivity index (χ2n) is 4.70. The van der Waals surface area contributed by atoms with Gasteiger partial charge in [0, 0.05) is 18.1 Å². The average molecular weight is 292 g/mol. The van der Waals surface area contributed by atoms with Crippen molar-refractivity contribution in [2.24, 2.45) is 5.73 Å².